The van der Waals surface area contributed by atoms with Crippen LogP contribution in [0.3, 0.4) is 0 Å². The van der Waals surface area contributed by atoms with Crippen LogP contribution in [0.2, 0.25) is 0 Å². The minimum absolute atomic E-state index is 0.235. The highest BCUT2D eigenvalue weighted by Crippen LogP contribution is 2.31. The molecular formula is C25H30N4O3S2. The summed E-state index contributed by atoms with van der Waals surface area (Å²) >= 11 is 7.09. The molecule has 34 heavy (non-hydrogen) atoms. The van der Waals surface area contributed by atoms with Crippen LogP contribution in [0.5, 0.6) is 0 Å². The van der Waals surface area contributed by atoms with E-state index in [2.05, 4.69) is 16.0 Å². The number of hydrogen-bond donors (Lipinski definition) is 3. The summed E-state index contributed by atoms with van der Waals surface area (Å²) in [7, 11) is 1.82. The number of hydrogen-bond acceptors (Lipinski definition) is 5. The van der Waals surface area contributed by atoms with Gasteiger partial charge in [0.15, 0.2) is 5.11 Å². The monoisotopic (exact) mass is 498 g/mol. The van der Waals surface area contributed by atoms with E-state index < -0.39 is 6.04 Å². The van der Waals surface area contributed by atoms with Crippen molar-refractivity contribution in [2.24, 2.45) is 5.92 Å². The third-order valence-electron chi connectivity index (χ3n) is 5.37. The van der Waals surface area contributed by atoms with Gasteiger partial charge in [-0.1, -0.05) is 26.0 Å². The Balaban J connectivity index is 1.73. The summed E-state index contributed by atoms with van der Waals surface area (Å²) in [6.45, 7) is 6.19. The Morgan fingerprint density at radius 2 is 1.65 bits per heavy atom. The van der Waals surface area contributed by atoms with Crippen LogP contribution in [0.1, 0.15) is 32.4 Å². The first-order valence-electron chi connectivity index (χ1n) is 10.9. The molecule has 0 bridgehead atoms. The Bertz CT molecular complexity index is 1080. The fraction of sp³-hybridized carbons (Fsp3) is 0.320. The van der Waals surface area contributed by atoms with E-state index in [0.717, 1.165) is 16.2 Å². The number of thiocarbonyl (C=S) groups is 1. The standard InChI is InChI=1S/C25H30N4O3S2/c1-15(2)14-32-23(30)21-16(3)29(4)25(33)28-22(21)17-6-8-18(9-7-17)26-24(31)27-19-10-12-20(34-5)13-11-19/h6-13,15,22H,14H2,1-5H3,(H,28,33)(H2,26,27,31). The number of ether oxygens (including phenoxy) is 1. The van der Waals surface area contributed by atoms with E-state index in [1.807, 2.05) is 70.5 Å². The number of thioether (sulfide) groups is 1. The van der Waals surface area contributed by atoms with Gasteiger partial charge in [0.2, 0.25) is 0 Å². The summed E-state index contributed by atoms with van der Waals surface area (Å²) in [6.07, 6.45) is 2.00. The van der Waals surface area contributed by atoms with E-state index in [1.54, 1.807) is 28.8 Å². The number of carbonyl (C=O) groups excluding carboxylic acids is 2. The quantitative estimate of drug-likeness (QED) is 0.268. The summed E-state index contributed by atoms with van der Waals surface area (Å²) in [5, 5.41) is 9.40. The molecule has 1 aliphatic rings. The first kappa shape index (κ1) is 25.6. The van der Waals surface area contributed by atoms with Crippen molar-refractivity contribution in [1.29, 1.82) is 0 Å². The van der Waals surface area contributed by atoms with Crippen molar-refractivity contribution in [3.8, 4) is 0 Å². The Kier molecular flexibility index (Phi) is 8.57. The van der Waals surface area contributed by atoms with Gasteiger partial charge in [0.05, 0.1) is 18.2 Å². The van der Waals surface area contributed by atoms with E-state index in [0.29, 0.717) is 28.7 Å². The van der Waals surface area contributed by atoms with Crippen LogP contribution in [0.15, 0.2) is 64.7 Å². The molecule has 0 saturated heterocycles. The van der Waals surface area contributed by atoms with Crippen molar-refractivity contribution in [3.63, 3.8) is 0 Å². The molecule has 1 heterocycles. The van der Waals surface area contributed by atoms with Crippen LogP contribution in [-0.4, -0.2) is 41.9 Å². The summed E-state index contributed by atoms with van der Waals surface area (Å²) in [5.74, 6) is -0.134. The molecule has 1 atom stereocenters. The molecule has 3 rings (SSSR count). The molecule has 180 valence electrons. The number of anilines is 2. The maximum atomic E-state index is 12.9. The van der Waals surface area contributed by atoms with Gasteiger partial charge in [0, 0.05) is 29.0 Å². The lowest BCUT2D eigenvalue weighted by atomic mass is 9.95. The first-order valence-corrected chi connectivity index (χ1v) is 12.6. The van der Waals surface area contributed by atoms with Crippen molar-refractivity contribution in [2.75, 3.05) is 30.5 Å². The summed E-state index contributed by atoms with van der Waals surface area (Å²) in [5.41, 5.74) is 3.44. The molecule has 3 N–H and O–H groups in total. The number of esters is 1. The van der Waals surface area contributed by atoms with Crippen molar-refractivity contribution in [2.45, 2.75) is 31.7 Å². The van der Waals surface area contributed by atoms with E-state index in [4.69, 9.17) is 17.0 Å². The van der Waals surface area contributed by atoms with E-state index >= 15 is 0 Å². The number of allylic oxidation sites excluding steroid dienone is 1. The highest BCUT2D eigenvalue weighted by atomic mass is 32.2. The summed E-state index contributed by atoms with van der Waals surface area (Å²) in [6, 6.07) is 14.1. The normalized spacial score (nSPS) is 15.8. The van der Waals surface area contributed by atoms with Crippen LogP contribution in [0.25, 0.3) is 0 Å². The number of amides is 2. The number of rotatable bonds is 7. The van der Waals surface area contributed by atoms with Crippen molar-refractivity contribution >= 4 is 52.5 Å². The molecule has 2 amide bonds. The van der Waals surface area contributed by atoms with E-state index in [9.17, 15) is 9.59 Å². The molecule has 2 aromatic rings. The van der Waals surface area contributed by atoms with Crippen LogP contribution < -0.4 is 16.0 Å². The van der Waals surface area contributed by atoms with Gasteiger partial charge in [0.25, 0.3) is 0 Å². The largest absolute Gasteiger partial charge is 0.462 e. The maximum Gasteiger partial charge on any atom is 0.338 e. The van der Waals surface area contributed by atoms with Crippen LogP contribution in [0, 0.1) is 5.92 Å². The highest BCUT2D eigenvalue weighted by Gasteiger charge is 2.33. The lowest BCUT2D eigenvalue weighted by Gasteiger charge is -2.35. The second-order valence-electron chi connectivity index (χ2n) is 8.36. The number of urea groups is 1. The van der Waals surface area contributed by atoms with Crippen LogP contribution >= 0.6 is 24.0 Å². The molecule has 0 fully saturated rings. The number of benzene rings is 2. The Morgan fingerprint density at radius 3 is 2.18 bits per heavy atom. The van der Waals surface area contributed by atoms with Gasteiger partial charge < -0.3 is 25.6 Å². The minimum atomic E-state index is -0.443. The molecule has 0 saturated carbocycles. The highest BCUT2D eigenvalue weighted by molar-refractivity contribution is 7.98. The minimum Gasteiger partial charge on any atom is -0.462 e. The molecule has 0 spiro atoms. The third-order valence-corrected chi connectivity index (χ3v) is 6.51. The summed E-state index contributed by atoms with van der Waals surface area (Å²) in [4.78, 5) is 28.2. The Labute approximate surface area is 210 Å². The zero-order valence-corrected chi connectivity index (χ0v) is 21.6. The second-order valence-corrected chi connectivity index (χ2v) is 9.63. The Hall–Kier alpha value is -3.04. The Morgan fingerprint density at radius 1 is 1.09 bits per heavy atom. The molecule has 0 aliphatic carbocycles. The fourth-order valence-electron chi connectivity index (χ4n) is 3.40. The topological polar surface area (TPSA) is 82.7 Å². The lowest BCUT2D eigenvalue weighted by Crippen LogP contribution is -2.46. The summed E-state index contributed by atoms with van der Waals surface area (Å²) < 4.78 is 5.52. The average molecular weight is 499 g/mol. The van der Waals surface area contributed by atoms with Crippen LogP contribution in [-0.2, 0) is 9.53 Å². The molecular weight excluding hydrogens is 468 g/mol. The molecule has 0 aromatic heterocycles. The molecule has 1 unspecified atom stereocenters. The number of nitrogens with zero attached hydrogens (tertiary/aromatic N) is 1. The lowest BCUT2D eigenvalue weighted by molar-refractivity contribution is -0.140. The van der Waals surface area contributed by atoms with Gasteiger partial charge in [-0.25, -0.2) is 9.59 Å². The molecule has 9 heteroatoms. The van der Waals surface area contributed by atoms with Gasteiger partial charge in [-0.2, -0.15) is 0 Å². The average Bonchev–Trinajstić information content (AvgIpc) is 2.81. The second kappa shape index (κ2) is 11.4. The number of nitrogens with one attached hydrogen (secondary N) is 3. The molecule has 2 aromatic carbocycles. The predicted octanol–water partition coefficient (Wildman–Crippen LogP) is 5.39. The number of carbonyl (C=O) groups is 2. The smallest absolute Gasteiger partial charge is 0.338 e. The van der Waals surface area contributed by atoms with Crippen molar-refractivity contribution in [1.82, 2.24) is 10.2 Å². The van der Waals surface area contributed by atoms with Gasteiger partial charge in [0.1, 0.15) is 0 Å². The molecule has 1 aliphatic heterocycles. The predicted molar refractivity (Wildman–Crippen MR) is 142 cm³/mol. The first-order chi connectivity index (χ1) is 16.2. The zero-order chi connectivity index (χ0) is 24.8. The van der Waals surface area contributed by atoms with Crippen molar-refractivity contribution in [3.05, 3.63) is 65.4 Å². The molecule has 7 nitrogen and oxygen atoms in total. The van der Waals surface area contributed by atoms with E-state index in [1.165, 1.54) is 0 Å². The van der Waals surface area contributed by atoms with Gasteiger partial charge in [-0.3, -0.25) is 0 Å². The molecule has 0 radical (unpaired) electrons. The van der Waals surface area contributed by atoms with Crippen molar-refractivity contribution < 1.29 is 14.3 Å². The fourth-order valence-corrected chi connectivity index (χ4v) is 4.06. The third kappa shape index (κ3) is 6.30. The van der Waals surface area contributed by atoms with E-state index in [-0.39, 0.29) is 17.9 Å². The van der Waals surface area contributed by atoms with Gasteiger partial charge in [-0.15, -0.1) is 11.8 Å². The zero-order valence-electron chi connectivity index (χ0n) is 20.0. The van der Waals surface area contributed by atoms with Gasteiger partial charge >= 0.3 is 12.0 Å². The SMILES string of the molecule is CSc1ccc(NC(=O)Nc2ccc(C3NC(=S)N(C)C(C)=C3C(=O)OCC(C)C)cc2)cc1. The van der Waals surface area contributed by atoms with Crippen LogP contribution in [0.4, 0.5) is 16.2 Å². The maximum absolute atomic E-state index is 12.9. The van der Waals surface area contributed by atoms with Gasteiger partial charge in [-0.05, 0) is 73.3 Å².